The van der Waals surface area contributed by atoms with Gasteiger partial charge in [0.1, 0.15) is 5.75 Å². The molecule has 6 nitrogen and oxygen atoms in total. The van der Waals surface area contributed by atoms with Crippen LogP contribution in [0.2, 0.25) is 0 Å². The van der Waals surface area contributed by atoms with Crippen molar-refractivity contribution in [3.8, 4) is 5.75 Å². The normalized spacial score (nSPS) is 9.78. The van der Waals surface area contributed by atoms with Gasteiger partial charge in [-0.25, -0.2) is 0 Å². The third kappa shape index (κ3) is 4.27. The third-order valence-electron chi connectivity index (χ3n) is 2.95. The first-order chi connectivity index (χ1) is 11.0. The molecule has 0 saturated heterocycles. The van der Waals surface area contributed by atoms with Gasteiger partial charge in [0.2, 0.25) is 0 Å². The van der Waals surface area contributed by atoms with Gasteiger partial charge in [0.15, 0.2) is 5.11 Å². The molecular formula is C16H13N2O4S-. The van der Waals surface area contributed by atoms with Crippen molar-refractivity contribution in [2.24, 2.45) is 0 Å². The molecule has 2 rings (SSSR count). The minimum atomic E-state index is -1.32. The summed E-state index contributed by atoms with van der Waals surface area (Å²) < 4.78 is 5.12. The van der Waals surface area contributed by atoms with Gasteiger partial charge < -0.3 is 20.0 Å². The Kier molecular flexibility index (Phi) is 5.27. The standard InChI is InChI=1S/C16H14N2O4S/c1-22-13-8-7-11(15(20)21)9-12(13)17-16(23)18-14(19)10-5-3-2-4-6-10/h2-9H,1H3,(H,20,21)(H2,17,18,19,23)/p-1. The van der Waals surface area contributed by atoms with Crippen molar-refractivity contribution in [1.82, 2.24) is 5.32 Å². The molecular weight excluding hydrogens is 316 g/mol. The number of benzene rings is 2. The number of thiocarbonyl (C=S) groups is 1. The first-order valence-electron chi connectivity index (χ1n) is 6.58. The molecule has 0 atom stereocenters. The number of ether oxygens (including phenoxy) is 1. The summed E-state index contributed by atoms with van der Waals surface area (Å²) in [5.41, 5.74) is 0.727. The molecule has 23 heavy (non-hydrogen) atoms. The molecule has 0 spiro atoms. The Morgan fingerprint density at radius 1 is 1.09 bits per heavy atom. The van der Waals surface area contributed by atoms with Crippen molar-refractivity contribution in [3.63, 3.8) is 0 Å². The molecule has 118 valence electrons. The number of amides is 1. The van der Waals surface area contributed by atoms with Crippen LogP contribution >= 0.6 is 12.2 Å². The molecule has 0 heterocycles. The predicted octanol–water partition coefficient (Wildman–Crippen LogP) is 1.19. The number of carbonyl (C=O) groups is 2. The van der Waals surface area contributed by atoms with Crippen molar-refractivity contribution >= 4 is 34.9 Å². The quantitative estimate of drug-likeness (QED) is 0.819. The molecule has 0 aliphatic heterocycles. The van der Waals surface area contributed by atoms with E-state index in [1.807, 2.05) is 0 Å². The lowest BCUT2D eigenvalue weighted by atomic mass is 10.2. The fourth-order valence-corrected chi connectivity index (χ4v) is 2.05. The summed E-state index contributed by atoms with van der Waals surface area (Å²) in [5, 5.41) is 16.2. The van der Waals surface area contributed by atoms with E-state index in [0.29, 0.717) is 17.0 Å². The van der Waals surface area contributed by atoms with Crippen LogP contribution in [0.15, 0.2) is 48.5 Å². The number of rotatable bonds is 4. The van der Waals surface area contributed by atoms with Crippen molar-refractivity contribution in [2.45, 2.75) is 0 Å². The Labute approximate surface area is 138 Å². The molecule has 0 aliphatic rings. The smallest absolute Gasteiger partial charge is 0.257 e. The largest absolute Gasteiger partial charge is 0.545 e. The number of carboxylic acid groups (broad SMARTS) is 1. The number of anilines is 1. The lowest BCUT2D eigenvalue weighted by Gasteiger charge is -2.14. The minimum Gasteiger partial charge on any atom is -0.545 e. The van der Waals surface area contributed by atoms with Crippen LogP contribution in [0.4, 0.5) is 5.69 Å². The fraction of sp³-hybridized carbons (Fsp3) is 0.0625. The highest BCUT2D eigenvalue weighted by Gasteiger charge is 2.10. The molecule has 0 radical (unpaired) electrons. The van der Waals surface area contributed by atoms with E-state index >= 15 is 0 Å². The molecule has 2 N–H and O–H groups in total. The van der Waals surface area contributed by atoms with Crippen LogP contribution in [0.5, 0.6) is 5.75 Å². The average Bonchev–Trinajstić information content (AvgIpc) is 2.55. The second-order valence-electron chi connectivity index (χ2n) is 4.48. The Morgan fingerprint density at radius 3 is 2.39 bits per heavy atom. The summed E-state index contributed by atoms with van der Waals surface area (Å²) >= 11 is 5.07. The van der Waals surface area contributed by atoms with Gasteiger partial charge in [-0.05, 0) is 48.1 Å². The number of carbonyl (C=O) groups excluding carboxylic acids is 2. The van der Waals surface area contributed by atoms with E-state index in [2.05, 4.69) is 10.6 Å². The molecule has 0 bridgehead atoms. The van der Waals surface area contributed by atoms with Crippen LogP contribution in [0.25, 0.3) is 0 Å². The highest BCUT2D eigenvalue weighted by molar-refractivity contribution is 7.80. The maximum Gasteiger partial charge on any atom is 0.257 e. The van der Waals surface area contributed by atoms with Gasteiger partial charge in [0.25, 0.3) is 5.91 Å². The van der Waals surface area contributed by atoms with E-state index in [4.69, 9.17) is 17.0 Å². The summed E-state index contributed by atoms with van der Waals surface area (Å²) in [7, 11) is 1.44. The maximum atomic E-state index is 12.0. The SMILES string of the molecule is COc1ccc(C(=O)[O-])cc1NC(=S)NC(=O)c1ccccc1. The highest BCUT2D eigenvalue weighted by Crippen LogP contribution is 2.25. The van der Waals surface area contributed by atoms with Gasteiger partial charge in [-0.1, -0.05) is 18.2 Å². The molecule has 2 aromatic rings. The Bertz CT molecular complexity index is 747. The highest BCUT2D eigenvalue weighted by atomic mass is 32.1. The fourth-order valence-electron chi connectivity index (χ4n) is 1.85. The maximum absolute atomic E-state index is 12.0. The summed E-state index contributed by atoms with van der Waals surface area (Å²) in [6.45, 7) is 0. The van der Waals surface area contributed by atoms with E-state index in [1.54, 1.807) is 30.3 Å². The minimum absolute atomic E-state index is 0.0210. The molecule has 0 saturated carbocycles. The summed E-state index contributed by atoms with van der Waals surface area (Å²) in [6.07, 6.45) is 0. The number of hydrogen-bond acceptors (Lipinski definition) is 5. The van der Waals surface area contributed by atoms with Crippen LogP contribution < -0.4 is 20.5 Å². The lowest BCUT2D eigenvalue weighted by Crippen LogP contribution is -2.34. The zero-order valence-corrected chi connectivity index (χ0v) is 13.0. The number of nitrogens with one attached hydrogen (secondary N) is 2. The topological polar surface area (TPSA) is 90.5 Å². The van der Waals surface area contributed by atoms with Gasteiger partial charge in [-0.2, -0.15) is 0 Å². The van der Waals surface area contributed by atoms with E-state index in [0.717, 1.165) is 0 Å². The monoisotopic (exact) mass is 329 g/mol. The third-order valence-corrected chi connectivity index (χ3v) is 3.15. The first kappa shape index (κ1) is 16.4. The van der Waals surface area contributed by atoms with Crippen LogP contribution in [0, 0.1) is 0 Å². The summed E-state index contributed by atoms with van der Waals surface area (Å²) in [5.74, 6) is -1.32. The zero-order chi connectivity index (χ0) is 16.8. The Morgan fingerprint density at radius 2 is 1.78 bits per heavy atom. The summed E-state index contributed by atoms with van der Waals surface area (Å²) in [4.78, 5) is 22.9. The van der Waals surface area contributed by atoms with Crippen LogP contribution in [0.1, 0.15) is 20.7 Å². The number of aromatic carboxylic acids is 1. The van der Waals surface area contributed by atoms with Gasteiger partial charge in [-0.3, -0.25) is 10.1 Å². The number of hydrogen-bond donors (Lipinski definition) is 2. The molecule has 0 aliphatic carbocycles. The van der Waals surface area contributed by atoms with Crippen LogP contribution in [-0.2, 0) is 0 Å². The predicted molar refractivity (Wildman–Crippen MR) is 87.5 cm³/mol. The van der Waals surface area contributed by atoms with E-state index < -0.39 is 5.97 Å². The first-order valence-corrected chi connectivity index (χ1v) is 6.99. The molecule has 2 aromatic carbocycles. The number of methoxy groups -OCH3 is 1. The van der Waals surface area contributed by atoms with Gasteiger partial charge in [0.05, 0.1) is 18.8 Å². The molecule has 0 fully saturated rings. The van der Waals surface area contributed by atoms with E-state index in [-0.39, 0.29) is 16.6 Å². The van der Waals surface area contributed by atoms with Gasteiger partial charge in [-0.15, -0.1) is 0 Å². The van der Waals surface area contributed by atoms with Crippen molar-refractivity contribution in [3.05, 3.63) is 59.7 Å². The van der Waals surface area contributed by atoms with Crippen LogP contribution in [0.3, 0.4) is 0 Å². The second kappa shape index (κ2) is 7.37. The van der Waals surface area contributed by atoms with Gasteiger partial charge in [0, 0.05) is 5.56 Å². The lowest BCUT2D eigenvalue weighted by molar-refractivity contribution is -0.255. The van der Waals surface area contributed by atoms with Crippen LogP contribution in [-0.4, -0.2) is 24.1 Å². The number of carboxylic acids is 1. The van der Waals surface area contributed by atoms with E-state index in [9.17, 15) is 14.7 Å². The Balaban J connectivity index is 2.12. The zero-order valence-electron chi connectivity index (χ0n) is 12.2. The second-order valence-corrected chi connectivity index (χ2v) is 4.89. The summed E-state index contributed by atoms with van der Waals surface area (Å²) in [6, 6.07) is 12.7. The molecule has 7 heteroatoms. The molecule has 0 unspecified atom stereocenters. The Hall–Kier alpha value is -2.93. The van der Waals surface area contributed by atoms with Crippen molar-refractivity contribution in [2.75, 3.05) is 12.4 Å². The van der Waals surface area contributed by atoms with E-state index in [1.165, 1.54) is 25.3 Å². The van der Waals surface area contributed by atoms with Crippen molar-refractivity contribution in [1.29, 1.82) is 0 Å². The average molecular weight is 329 g/mol. The van der Waals surface area contributed by atoms with Crippen molar-refractivity contribution < 1.29 is 19.4 Å². The van der Waals surface area contributed by atoms with Gasteiger partial charge >= 0.3 is 0 Å². The molecule has 1 amide bonds. The molecule has 0 aromatic heterocycles.